The van der Waals surface area contributed by atoms with Crippen LogP contribution in [-0.2, 0) is 0 Å². The first-order valence-corrected chi connectivity index (χ1v) is 5.83. The van der Waals surface area contributed by atoms with Crippen LogP contribution in [0.4, 0.5) is 0 Å². The number of nitrogens with zero attached hydrogens (tertiary/aromatic N) is 1. The molecule has 1 aromatic heterocycles. The summed E-state index contributed by atoms with van der Waals surface area (Å²) in [6.45, 7) is 3.53. The molecule has 0 aliphatic rings. The van der Waals surface area contributed by atoms with Gasteiger partial charge in [-0.25, -0.2) is 4.98 Å². The summed E-state index contributed by atoms with van der Waals surface area (Å²) < 4.78 is 0. The van der Waals surface area contributed by atoms with Crippen LogP contribution < -0.4 is 0 Å². The van der Waals surface area contributed by atoms with E-state index in [1.165, 1.54) is 12.3 Å². The molecule has 18 heavy (non-hydrogen) atoms. The summed E-state index contributed by atoms with van der Waals surface area (Å²) in [5.41, 5.74) is 2.38. The highest BCUT2D eigenvalue weighted by molar-refractivity contribution is 6.30. The number of aromatic nitrogens is 1. The minimum absolute atomic E-state index is 0.134. The van der Waals surface area contributed by atoms with E-state index in [4.69, 9.17) is 11.6 Å². The van der Waals surface area contributed by atoms with E-state index in [9.17, 15) is 9.90 Å². The number of phenols is 1. The van der Waals surface area contributed by atoms with E-state index in [1.807, 2.05) is 0 Å². The van der Waals surface area contributed by atoms with Crippen molar-refractivity contribution in [1.82, 2.24) is 4.98 Å². The summed E-state index contributed by atoms with van der Waals surface area (Å²) in [5.74, 6) is 0.0878. The Morgan fingerprint density at radius 1 is 1.17 bits per heavy atom. The van der Waals surface area contributed by atoms with Gasteiger partial charge in [-0.3, -0.25) is 4.79 Å². The summed E-state index contributed by atoms with van der Waals surface area (Å²) in [6, 6.07) is 6.48. The van der Waals surface area contributed by atoms with Crippen molar-refractivity contribution in [3.63, 3.8) is 0 Å². The van der Waals surface area contributed by atoms with E-state index in [0.29, 0.717) is 22.3 Å². The molecule has 1 heterocycles. The van der Waals surface area contributed by atoms with E-state index in [2.05, 4.69) is 4.98 Å². The number of benzene rings is 1. The van der Waals surface area contributed by atoms with Gasteiger partial charge >= 0.3 is 0 Å². The van der Waals surface area contributed by atoms with E-state index >= 15 is 0 Å². The van der Waals surface area contributed by atoms with Crippen molar-refractivity contribution in [3.05, 3.63) is 57.9 Å². The Morgan fingerprint density at radius 3 is 2.33 bits per heavy atom. The fourth-order valence-corrected chi connectivity index (χ4v) is 1.97. The lowest BCUT2D eigenvalue weighted by Gasteiger charge is -2.07. The van der Waals surface area contributed by atoms with Crippen molar-refractivity contribution in [3.8, 4) is 5.75 Å². The van der Waals surface area contributed by atoms with Gasteiger partial charge < -0.3 is 5.11 Å². The highest BCUT2D eigenvalue weighted by atomic mass is 35.5. The number of aromatic hydroxyl groups is 1. The first-order valence-electron chi connectivity index (χ1n) is 5.45. The van der Waals surface area contributed by atoms with Crippen LogP contribution in [0.3, 0.4) is 0 Å². The Hall–Kier alpha value is -1.87. The summed E-state index contributed by atoms with van der Waals surface area (Å²) in [6.07, 6.45) is 1.50. The molecule has 4 heteroatoms. The van der Waals surface area contributed by atoms with E-state index < -0.39 is 0 Å². The van der Waals surface area contributed by atoms with Crippen molar-refractivity contribution in [2.75, 3.05) is 0 Å². The maximum absolute atomic E-state index is 12.2. The molecule has 0 saturated carbocycles. The highest BCUT2D eigenvalue weighted by Crippen LogP contribution is 2.24. The minimum atomic E-state index is -0.134. The molecule has 2 aromatic rings. The van der Waals surface area contributed by atoms with Crippen LogP contribution in [0.15, 0.2) is 30.5 Å². The van der Waals surface area contributed by atoms with Gasteiger partial charge in [-0.15, -0.1) is 0 Å². The van der Waals surface area contributed by atoms with Gasteiger partial charge in [0, 0.05) is 17.3 Å². The topological polar surface area (TPSA) is 50.2 Å². The van der Waals surface area contributed by atoms with E-state index in [0.717, 1.165) is 0 Å². The van der Waals surface area contributed by atoms with Crippen LogP contribution >= 0.6 is 11.6 Å². The molecule has 1 N–H and O–H groups in total. The zero-order chi connectivity index (χ0) is 13.3. The maximum atomic E-state index is 12.2. The molecular weight excluding hydrogens is 250 g/mol. The van der Waals surface area contributed by atoms with Crippen molar-refractivity contribution < 1.29 is 9.90 Å². The molecule has 1 aromatic carbocycles. The van der Waals surface area contributed by atoms with Gasteiger partial charge in [0.1, 0.15) is 10.9 Å². The average Bonchev–Trinajstić information content (AvgIpc) is 2.34. The number of carbonyl (C=O) groups excluding carboxylic acids is 1. The van der Waals surface area contributed by atoms with Crippen molar-refractivity contribution in [2.45, 2.75) is 13.8 Å². The SMILES string of the molecule is Cc1cc(C(=O)c2ccnc(Cl)c2)cc(C)c1O. The number of hydrogen-bond acceptors (Lipinski definition) is 3. The van der Waals surface area contributed by atoms with Crippen LogP contribution in [0, 0.1) is 13.8 Å². The zero-order valence-corrected chi connectivity index (χ0v) is 10.8. The number of hydrogen-bond donors (Lipinski definition) is 1. The molecule has 0 spiro atoms. The summed E-state index contributed by atoms with van der Waals surface area (Å²) >= 11 is 5.76. The van der Waals surface area contributed by atoms with Crippen LogP contribution in [0.2, 0.25) is 5.15 Å². The fraction of sp³-hybridized carbons (Fsp3) is 0.143. The standard InChI is InChI=1S/C14H12ClNO2/c1-8-5-11(6-9(2)13(8)17)14(18)10-3-4-16-12(15)7-10/h3-7,17H,1-2H3. The monoisotopic (exact) mass is 261 g/mol. The number of ketones is 1. The quantitative estimate of drug-likeness (QED) is 0.667. The normalized spacial score (nSPS) is 10.4. The maximum Gasteiger partial charge on any atom is 0.193 e. The number of rotatable bonds is 2. The summed E-state index contributed by atoms with van der Waals surface area (Å²) in [7, 11) is 0. The van der Waals surface area contributed by atoms with Crippen LogP contribution in [0.25, 0.3) is 0 Å². The van der Waals surface area contributed by atoms with Crippen LogP contribution in [0.1, 0.15) is 27.0 Å². The molecule has 0 aliphatic heterocycles. The Bertz CT molecular complexity index is 600. The van der Waals surface area contributed by atoms with Crippen molar-refractivity contribution >= 4 is 17.4 Å². The lowest BCUT2D eigenvalue weighted by atomic mass is 9.99. The number of pyridine rings is 1. The van der Waals surface area contributed by atoms with Gasteiger partial charge in [-0.2, -0.15) is 0 Å². The van der Waals surface area contributed by atoms with Gasteiger partial charge in [0.2, 0.25) is 0 Å². The largest absolute Gasteiger partial charge is 0.507 e. The molecule has 3 nitrogen and oxygen atoms in total. The lowest BCUT2D eigenvalue weighted by molar-refractivity contribution is 0.103. The van der Waals surface area contributed by atoms with E-state index in [1.54, 1.807) is 32.0 Å². The molecule has 92 valence electrons. The van der Waals surface area contributed by atoms with Gasteiger partial charge in [-0.05, 0) is 49.2 Å². The molecule has 2 rings (SSSR count). The second-order valence-corrected chi connectivity index (χ2v) is 4.54. The fourth-order valence-electron chi connectivity index (χ4n) is 1.80. The third-order valence-electron chi connectivity index (χ3n) is 2.74. The molecule has 0 bridgehead atoms. The average molecular weight is 262 g/mol. The van der Waals surface area contributed by atoms with Crippen LogP contribution in [0.5, 0.6) is 5.75 Å². The van der Waals surface area contributed by atoms with Crippen LogP contribution in [-0.4, -0.2) is 15.9 Å². The lowest BCUT2D eigenvalue weighted by Crippen LogP contribution is -2.02. The van der Waals surface area contributed by atoms with Gasteiger partial charge in [0.25, 0.3) is 0 Å². The number of carbonyl (C=O) groups is 1. The molecule has 0 atom stereocenters. The second-order valence-electron chi connectivity index (χ2n) is 4.16. The predicted molar refractivity (Wildman–Crippen MR) is 70.3 cm³/mol. The van der Waals surface area contributed by atoms with Crippen molar-refractivity contribution in [2.24, 2.45) is 0 Å². The predicted octanol–water partition coefficient (Wildman–Crippen LogP) is 3.29. The summed E-state index contributed by atoms with van der Waals surface area (Å²) in [5, 5.41) is 9.97. The molecule has 0 aliphatic carbocycles. The van der Waals surface area contributed by atoms with Gasteiger partial charge in [0.05, 0.1) is 0 Å². The molecule has 0 fully saturated rings. The molecular formula is C14H12ClNO2. The second kappa shape index (κ2) is 4.78. The first kappa shape index (κ1) is 12.6. The summed E-state index contributed by atoms with van der Waals surface area (Å²) in [4.78, 5) is 16.1. The molecule has 0 saturated heterocycles. The highest BCUT2D eigenvalue weighted by Gasteiger charge is 2.12. The Kier molecular flexibility index (Phi) is 3.34. The Labute approximate surface area is 110 Å². The molecule has 0 amide bonds. The number of aryl methyl sites for hydroxylation is 2. The van der Waals surface area contributed by atoms with Crippen molar-refractivity contribution in [1.29, 1.82) is 0 Å². The van der Waals surface area contributed by atoms with E-state index in [-0.39, 0.29) is 16.7 Å². The smallest absolute Gasteiger partial charge is 0.193 e. The third kappa shape index (κ3) is 2.36. The molecule has 0 unspecified atom stereocenters. The Balaban J connectivity index is 2.47. The first-order chi connectivity index (χ1) is 8.49. The number of halogens is 1. The van der Waals surface area contributed by atoms with Gasteiger partial charge in [0.15, 0.2) is 5.78 Å². The van der Waals surface area contributed by atoms with Gasteiger partial charge in [-0.1, -0.05) is 11.6 Å². The molecule has 0 radical (unpaired) electrons. The number of phenolic OH excluding ortho intramolecular Hbond substituents is 1. The minimum Gasteiger partial charge on any atom is -0.507 e. The third-order valence-corrected chi connectivity index (χ3v) is 2.95. The Morgan fingerprint density at radius 2 is 1.78 bits per heavy atom. The zero-order valence-electron chi connectivity index (χ0n) is 10.1.